The lowest BCUT2D eigenvalue weighted by Gasteiger charge is -2.36. The minimum atomic E-state index is -0.683. The fourth-order valence-corrected chi connectivity index (χ4v) is 2.74. The van der Waals surface area contributed by atoms with Gasteiger partial charge in [0.15, 0.2) is 11.4 Å². The van der Waals surface area contributed by atoms with Crippen LogP contribution in [0.1, 0.15) is 5.56 Å². The van der Waals surface area contributed by atoms with Crippen LogP contribution in [0.25, 0.3) is 0 Å². The summed E-state index contributed by atoms with van der Waals surface area (Å²) in [6, 6.07) is 8.41. The fourth-order valence-electron chi connectivity index (χ4n) is 2.74. The van der Waals surface area contributed by atoms with Gasteiger partial charge in [-0.3, -0.25) is 0 Å². The number of aromatic nitrogens is 1. The Kier molecular flexibility index (Phi) is 4.57. The summed E-state index contributed by atoms with van der Waals surface area (Å²) in [5, 5.41) is 9.28. The zero-order valence-corrected chi connectivity index (χ0v) is 14.1. The van der Waals surface area contributed by atoms with E-state index in [1.807, 2.05) is 11.0 Å². The molecule has 0 N–H and O–H groups in total. The van der Waals surface area contributed by atoms with Gasteiger partial charge >= 0.3 is 11.6 Å². The second kappa shape index (κ2) is 6.81. The van der Waals surface area contributed by atoms with E-state index in [9.17, 15) is 14.4 Å². The standard InChI is InChI=1S/C17H18FN5O2/c1-21(2)17-20-15(14(11-19)16(24)25-17)23-9-7-22(8-10-23)13-5-3-12(18)4-6-13/h3-6H,7-10H2,1-2H3. The molecule has 0 atom stereocenters. The highest BCUT2D eigenvalue weighted by molar-refractivity contribution is 5.56. The van der Waals surface area contributed by atoms with E-state index >= 15 is 0 Å². The van der Waals surface area contributed by atoms with Crippen LogP contribution in [-0.4, -0.2) is 45.3 Å². The molecule has 8 heteroatoms. The molecule has 25 heavy (non-hydrogen) atoms. The van der Waals surface area contributed by atoms with Gasteiger partial charge in [-0.2, -0.15) is 10.2 Å². The molecule has 7 nitrogen and oxygen atoms in total. The van der Waals surface area contributed by atoms with Crippen molar-refractivity contribution in [3.05, 3.63) is 46.1 Å². The SMILES string of the molecule is CN(C)c1nc(N2CCN(c3ccc(F)cc3)CC2)c(C#N)c(=O)o1. The van der Waals surface area contributed by atoms with Crippen molar-refractivity contribution in [1.29, 1.82) is 5.26 Å². The van der Waals surface area contributed by atoms with Crippen molar-refractivity contribution in [3.8, 4) is 6.07 Å². The number of halogens is 1. The number of rotatable bonds is 3. The number of nitrogens with zero attached hydrogens (tertiary/aromatic N) is 5. The van der Waals surface area contributed by atoms with Gasteiger partial charge in [0.1, 0.15) is 11.9 Å². The van der Waals surface area contributed by atoms with Gasteiger partial charge in [0, 0.05) is 46.0 Å². The molecule has 0 saturated carbocycles. The maximum absolute atomic E-state index is 13.1. The van der Waals surface area contributed by atoms with Crippen molar-refractivity contribution < 1.29 is 8.81 Å². The van der Waals surface area contributed by atoms with Gasteiger partial charge in [-0.15, -0.1) is 0 Å². The summed E-state index contributed by atoms with van der Waals surface area (Å²) in [5.41, 5.74) is 0.175. The molecule has 1 aliphatic rings. The maximum atomic E-state index is 13.1. The summed E-state index contributed by atoms with van der Waals surface area (Å²) in [6.45, 7) is 2.54. The molecule has 1 aromatic heterocycles. The Morgan fingerprint density at radius 2 is 1.76 bits per heavy atom. The summed E-state index contributed by atoms with van der Waals surface area (Å²) in [4.78, 5) is 22.0. The van der Waals surface area contributed by atoms with Crippen LogP contribution in [0.2, 0.25) is 0 Å². The number of benzene rings is 1. The van der Waals surface area contributed by atoms with E-state index < -0.39 is 5.63 Å². The summed E-state index contributed by atoms with van der Waals surface area (Å²) in [7, 11) is 3.43. The molecule has 1 aliphatic heterocycles. The van der Waals surface area contributed by atoms with Crippen LogP contribution in [-0.2, 0) is 0 Å². The van der Waals surface area contributed by atoms with Crippen molar-refractivity contribution in [2.75, 3.05) is 55.0 Å². The highest BCUT2D eigenvalue weighted by Crippen LogP contribution is 2.22. The second-order valence-electron chi connectivity index (χ2n) is 5.94. The van der Waals surface area contributed by atoms with Crippen LogP contribution >= 0.6 is 0 Å². The summed E-state index contributed by atoms with van der Waals surface area (Å²) in [5.74, 6) is 0.0821. The van der Waals surface area contributed by atoms with Gasteiger partial charge in [-0.25, -0.2) is 9.18 Å². The molecule has 1 saturated heterocycles. The third kappa shape index (κ3) is 3.40. The van der Waals surface area contributed by atoms with Crippen molar-refractivity contribution in [1.82, 2.24) is 4.98 Å². The van der Waals surface area contributed by atoms with Crippen LogP contribution in [0.5, 0.6) is 0 Å². The number of piperazine rings is 1. The monoisotopic (exact) mass is 343 g/mol. The molecule has 0 amide bonds. The van der Waals surface area contributed by atoms with E-state index in [1.165, 1.54) is 12.1 Å². The predicted octanol–water partition coefficient (Wildman–Crippen LogP) is 1.44. The summed E-state index contributed by atoms with van der Waals surface area (Å²) in [6.07, 6.45) is 0. The first-order valence-electron chi connectivity index (χ1n) is 7.87. The minimum Gasteiger partial charge on any atom is -0.388 e. The molecule has 0 bridgehead atoms. The first kappa shape index (κ1) is 16.8. The highest BCUT2D eigenvalue weighted by atomic mass is 19.1. The molecule has 2 aromatic rings. The number of hydrogen-bond acceptors (Lipinski definition) is 7. The van der Waals surface area contributed by atoms with Gasteiger partial charge in [-0.1, -0.05) is 0 Å². The Morgan fingerprint density at radius 3 is 2.32 bits per heavy atom. The smallest absolute Gasteiger partial charge is 0.360 e. The number of hydrogen-bond donors (Lipinski definition) is 0. The van der Waals surface area contributed by atoms with Gasteiger partial charge < -0.3 is 19.1 Å². The van der Waals surface area contributed by atoms with Gasteiger partial charge in [0.25, 0.3) is 0 Å². The molecule has 0 radical (unpaired) electrons. The zero-order valence-electron chi connectivity index (χ0n) is 14.1. The Balaban J connectivity index is 1.82. The largest absolute Gasteiger partial charge is 0.388 e. The molecule has 1 aromatic carbocycles. The molecular formula is C17H18FN5O2. The summed E-state index contributed by atoms with van der Waals surface area (Å²) < 4.78 is 18.1. The van der Waals surface area contributed by atoms with E-state index in [-0.39, 0.29) is 17.4 Å². The molecule has 0 unspecified atom stereocenters. The van der Waals surface area contributed by atoms with Gasteiger partial charge in [0.2, 0.25) is 0 Å². The van der Waals surface area contributed by atoms with Crippen LogP contribution in [0.4, 0.5) is 21.9 Å². The van der Waals surface area contributed by atoms with Gasteiger partial charge in [0.05, 0.1) is 0 Å². The number of anilines is 3. The molecular weight excluding hydrogens is 325 g/mol. The number of nitriles is 1. The second-order valence-corrected chi connectivity index (χ2v) is 5.94. The molecule has 1 fully saturated rings. The van der Waals surface area contributed by atoms with Crippen molar-refractivity contribution in [3.63, 3.8) is 0 Å². The first-order valence-corrected chi connectivity index (χ1v) is 7.87. The van der Waals surface area contributed by atoms with E-state index in [0.29, 0.717) is 32.0 Å². The first-order chi connectivity index (χ1) is 12.0. The normalized spacial score (nSPS) is 14.3. The van der Waals surface area contributed by atoms with Gasteiger partial charge in [-0.05, 0) is 24.3 Å². The highest BCUT2D eigenvalue weighted by Gasteiger charge is 2.24. The average Bonchev–Trinajstić information content (AvgIpc) is 2.62. The summed E-state index contributed by atoms with van der Waals surface area (Å²) >= 11 is 0. The van der Waals surface area contributed by atoms with Crippen LogP contribution in [0.3, 0.4) is 0 Å². The molecule has 2 heterocycles. The van der Waals surface area contributed by atoms with Crippen LogP contribution < -0.4 is 20.3 Å². The van der Waals surface area contributed by atoms with E-state index in [0.717, 1.165) is 5.69 Å². The van der Waals surface area contributed by atoms with E-state index in [1.54, 1.807) is 31.1 Å². The van der Waals surface area contributed by atoms with E-state index in [2.05, 4.69) is 9.88 Å². The molecule has 130 valence electrons. The Hall–Kier alpha value is -3.08. The lowest BCUT2D eigenvalue weighted by molar-refractivity contribution is 0.487. The van der Waals surface area contributed by atoms with Crippen LogP contribution in [0.15, 0.2) is 33.5 Å². The van der Waals surface area contributed by atoms with Crippen molar-refractivity contribution in [2.45, 2.75) is 0 Å². The Labute approximate surface area is 144 Å². The average molecular weight is 343 g/mol. The quantitative estimate of drug-likeness (QED) is 0.834. The predicted molar refractivity (Wildman–Crippen MR) is 92.6 cm³/mol. The Bertz CT molecular complexity index is 849. The lowest BCUT2D eigenvalue weighted by atomic mass is 10.2. The molecule has 0 spiro atoms. The minimum absolute atomic E-state index is 0.0826. The third-order valence-corrected chi connectivity index (χ3v) is 4.08. The Morgan fingerprint density at radius 1 is 1.16 bits per heavy atom. The molecule has 0 aliphatic carbocycles. The zero-order chi connectivity index (χ0) is 18.0. The molecule has 3 rings (SSSR count). The van der Waals surface area contributed by atoms with Crippen molar-refractivity contribution >= 4 is 17.5 Å². The topological polar surface area (TPSA) is 76.6 Å². The lowest BCUT2D eigenvalue weighted by Crippen LogP contribution is -2.47. The van der Waals surface area contributed by atoms with Crippen LogP contribution in [0, 0.1) is 17.1 Å². The fraction of sp³-hybridized carbons (Fsp3) is 0.353. The third-order valence-electron chi connectivity index (χ3n) is 4.08. The van der Waals surface area contributed by atoms with Crippen molar-refractivity contribution in [2.24, 2.45) is 0 Å². The maximum Gasteiger partial charge on any atom is 0.360 e. The van der Waals surface area contributed by atoms with E-state index in [4.69, 9.17) is 4.42 Å².